The SMILES string of the molecule is CCOC(=O)C1CNCCN1c1ncc([N+](=O)[O-])cn1. The van der Waals surface area contributed by atoms with Crippen LogP contribution in [-0.4, -0.2) is 53.1 Å². The monoisotopic (exact) mass is 281 g/mol. The third-order valence-electron chi connectivity index (χ3n) is 2.89. The molecule has 9 heteroatoms. The maximum atomic E-state index is 11.9. The number of hydrogen-bond acceptors (Lipinski definition) is 8. The Kier molecular flexibility index (Phi) is 4.41. The molecule has 1 atom stereocenters. The molecule has 1 unspecified atom stereocenters. The van der Waals surface area contributed by atoms with Gasteiger partial charge in [-0.1, -0.05) is 0 Å². The molecule has 0 amide bonds. The number of ether oxygens (including phenoxy) is 1. The normalized spacial score (nSPS) is 18.6. The Morgan fingerprint density at radius 2 is 2.30 bits per heavy atom. The van der Waals surface area contributed by atoms with Crippen molar-refractivity contribution in [1.29, 1.82) is 0 Å². The summed E-state index contributed by atoms with van der Waals surface area (Å²) in [6.07, 6.45) is 2.26. The maximum Gasteiger partial charge on any atom is 0.330 e. The van der Waals surface area contributed by atoms with Crippen LogP contribution in [0.1, 0.15) is 6.92 Å². The highest BCUT2D eigenvalue weighted by Gasteiger charge is 2.31. The van der Waals surface area contributed by atoms with Crippen molar-refractivity contribution in [3.05, 3.63) is 22.5 Å². The molecule has 1 aliphatic heterocycles. The van der Waals surface area contributed by atoms with Gasteiger partial charge in [-0.05, 0) is 6.92 Å². The second-order valence-corrected chi connectivity index (χ2v) is 4.16. The highest BCUT2D eigenvalue weighted by Crippen LogP contribution is 2.16. The van der Waals surface area contributed by atoms with Crippen molar-refractivity contribution >= 4 is 17.6 Å². The number of esters is 1. The Hall–Kier alpha value is -2.29. The van der Waals surface area contributed by atoms with Crippen LogP contribution in [0.4, 0.5) is 11.6 Å². The molecule has 0 saturated carbocycles. The number of aromatic nitrogens is 2. The van der Waals surface area contributed by atoms with Gasteiger partial charge in [0.25, 0.3) is 0 Å². The lowest BCUT2D eigenvalue weighted by Gasteiger charge is -2.34. The molecule has 0 radical (unpaired) electrons. The Morgan fingerprint density at radius 1 is 1.60 bits per heavy atom. The van der Waals surface area contributed by atoms with Crippen LogP contribution in [0, 0.1) is 10.1 Å². The first-order valence-corrected chi connectivity index (χ1v) is 6.24. The van der Waals surface area contributed by atoms with E-state index >= 15 is 0 Å². The standard InChI is InChI=1S/C11H15N5O4/c1-2-20-10(17)9-7-12-3-4-15(9)11-13-5-8(6-14-11)16(18)19/h5-6,9,12H,2-4,7H2,1H3. The van der Waals surface area contributed by atoms with Crippen LogP contribution in [0.25, 0.3) is 0 Å². The minimum Gasteiger partial charge on any atom is -0.464 e. The number of anilines is 1. The predicted molar refractivity (Wildman–Crippen MR) is 69.3 cm³/mol. The van der Waals surface area contributed by atoms with Gasteiger partial charge < -0.3 is 15.0 Å². The van der Waals surface area contributed by atoms with E-state index in [1.54, 1.807) is 11.8 Å². The van der Waals surface area contributed by atoms with Crippen molar-refractivity contribution in [1.82, 2.24) is 15.3 Å². The number of nitrogens with one attached hydrogen (secondary N) is 1. The average Bonchev–Trinajstić information content (AvgIpc) is 2.47. The summed E-state index contributed by atoms with van der Waals surface area (Å²) in [5, 5.41) is 13.7. The van der Waals surface area contributed by atoms with Gasteiger partial charge in [0, 0.05) is 19.6 Å². The Labute approximate surface area is 115 Å². The highest BCUT2D eigenvalue weighted by atomic mass is 16.6. The average molecular weight is 281 g/mol. The fraction of sp³-hybridized carbons (Fsp3) is 0.545. The summed E-state index contributed by atoms with van der Waals surface area (Å²) in [6.45, 7) is 3.67. The summed E-state index contributed by atoms with van der Waals surface area (Å²) < 4.78 is 5.01. The second kappa shape index (κ2) is 6.24. The van der Waals surface area contributed by atoms with Crippen molar-refractivity contribution in [3.8, 4) is 0 Å². The molecule has 0 aliphatic carbocycles. The highest BCUT2D eigenvalue weighted by molar-refractivity contribution is 5.80. The lowest BCUT2D eigenvalue weighted by molar-refractivity contribution is -0.385. The molecule has 9 nitrogen and oxygen atoms in total. The van der Waals surface area contributed by atoms with Crippen LogP contribution in [0.3, 0.4) is 0 Å². The van der Waals surface area contributed by atoms with E-state index < -0.39 is 11.0 Å². The zero-order chi connectivity index (χ0) is 14.5. The molecule has 1 aromatic heterocycles. The first-order valence-electron chi connectivity index (χ1n) is 6.24. The van der Waals surface area contributed by atoms with E-state index in [-0.39, 0.29) is 17.6 Å². The predicted octanol–water partition coefficient (Wildman–Crippen LogP) is -0.274. The molecule has 1 aliphatic rings. The zero-order valence-electron chi connectivity index (χ0n) is 11.0. The van der Waals surface area contributed by atoms with Gasteiger partial charge in [0.15, 0.2) is 0 Å². The van der Waals surface area contributed by atoms with Crippen molar-refractivity contribution in [2.75, 3.05) is 31.1 Å². The minimum absolute atomic E-state index is 0.184. The number of carbonyl (C=O) groups excluding carboxylic acids is 1. The molecule has 1 aromatic rings. The summed E-state index contributed by atoms with van der Waals surface area (Å²) in [4.78, 5) is 31.5. The van der Waals surface area contributed by atoms with Gasteiger partial charge in [-0.3, -0.25) is 10.1 Å². The van der Waals surface area contributed by atoms with Gasteiger partial charge in [-0.15, -0.1) is 0 Å². The maximum absolute atomic E-state index is 11.9. The van der Waals surface area contributed by atoms with E-state index in [4.69, 9.17) is 4.74 Å². The van der Waals surface area contributed by atoms with E-state index in [1.807, 2.05) is 0 Å². The van der Waals surface area contributed by atoms with E-state index in [0.717, 1.165) is 12.4 Å². The van der Waals surface area contributed by atoms with Crippen molar-refractivity contribution in [3.63, 3.8) is 0 Å². The van der Waals surface area contributed by atoms with Gasteiger partial charge in [0.2, 0.25) is 5.95 Å². The quantitative estimate of drug-likeness (QED) is 0.456. The Morgan fingerprint density at radius 3 is 2.90 bits per heavy atom. The van der Waals surface area contributed by atoms with Gasteiger partial charge >= 0.3 is 11.7 Å². The molecule has 20 heavy (non-hydrogen) atoms. The Bertz CT molecular complexity index is 492. The molecule has 1 fully saturated rings. The summed E-state index contributed by atoms with van der Waals surface area (Å²) >= 11 is 0. The Balaban J connectivity index is 2.18. The van der Waals surface area contributed by atoms with Gasteiger partial charge in [-0.25, -0.2) is 14.8 Å². The summed E-state index contributed by atoms with van der Waals surface area (Å²) in [5.74, 6) is -0.0724. The molecule has 2 heterocycles. The number of nitro groups is 1. The zero-order valence-corrected chi connectivity index (χ0v) is 11.0. The fourth-order valence-corrected chi connectivity index (χ4v) is 1.95. The van der Waals surface area contributed by atoms with Gasteiger partial charge in [0.05, 0.1) is 11.5 Å². The van der Waals surface area contributed by atoms with E-state index in [0.29, 0.717) is 26.2 Å². The van der Waals surface area contributed by atoms with Crippen LogP contribution in [0.2, 0.25) is 0 Å². The smallest absolute Gasteiger partial charge is 0.330 e. The van der Waals surface area contributed by atoms with Crippen LogP contribution in [0.5, 0.6) is 0 Å². The van der Waals surface area contributed by atoms with Crippen LogP contribution >= 0.6 is 0 Å². The lowest BCUT2D eigenvalue weighted by atomic mass is 10.2. The van der Waals surface area contributed by atoms with Gasteiger partial charge in [0.1, 0.15) is 18.4 Å². The van der Waals surface area contributed by atoms with Crippen molar-refractivity contribution in [2.24, 2.45) is 0 Å². The second-order valence-electron chi connectivity index (χ2n) is 4.16. The van der Waals surface area contributed by atoms with Crippen molar-refractivity contribution in [2.45, 2.75) is 13.0 Å². The molecule has 0 bridgehead atoms. The molecular weight excluding hydrogens is 266 g/mol. The third kappa shape index (κ3) is 2.99. The van der Waals surface area contributed by atoms with Crippen molar-refractivity contribution < 1.29 is 14.5 Å². The number of piperazine rings is 1. The third-order valence-corrected chi connectivity index (χ3v) is 2.89. The first-order chi connectivity index (χ1) is 9.63. The molecule has 0 aromatic carbocycles. The first kappa shape index (κ1) is 14.1. The molecule has 108 valence electrons. The molecule has 1 N–H and O–H groups in total. The molecule has 0 spiro atoms. The molecule has 2 rings (SSSR count). The van der Waals surface area contributed by atoms with E-state index in [2.05, 4.69) is 15.3 Å². The minimum atomic E-state index is -0.565. The van der Waals surface area contributed by atoms with E-state index in [9.17, 15) is 14.9 Å². The van der Waals surface area contributed by atoms with Gasteiger partial charge in [-0.2, -0.15) is 0 Å². The van der Waals surface area contributed by atoms with E-state index in [1.165, 1.54) is 0 Å². The number of rotatable bonds is 4. The fourth-order valence-electron chi connectivity index (χ4n) is 1.95. The summed E-state index contributed by atoms with van der Waals surface area (Å²) in [5.41, 5.74) is -0.184. The topological polar surface area (TPSA) is 110 Å². The van der Waals surface area contributed by atoms with Crippen LogP contribution in [-0.2, 0) is 9.53 Å². The van der Waals surface area contributed by atoms with Crippen LogP contribution < -0.4 is 10.2 Å². The number of nitrogens with zero attached hydrogens (tertiary/aromatic N) is 4. The molecular formula is C11H15N5O4. The lowest BCUT2D eigenvalue weighted by Crippen LogP contribution is -2.56. The largest absolute Gasteiger partial charge is 0.464 e. The number of hydrogen-bond donors (Lipinski definition) is 1. The molecule has 1 saturated heterocycles. The van der Waals surface area contributed by atoms with Crippen LogP contribution in [0.15, 0.2) is 12.4 Å². The number of carbonyl (C=O) groups is 1. The summed E-state index contributed by atoms with van der Waals surface area (Å²) in [7, 11) is 0. The summed E-state index contributed by atoms with van der Waals surface area (Å²) in [6, 6.07) is -0.523.